The molecule has 0 bridgehead atoms. The number of phenols is 1. The highest BCUT2D eigenvalue weighted by Gasteiger charge is 2.42. The Hall–Kier alpha value is -2.42. The lowest BCUT2D eigenvalue weighted by molar-refractivity contribution is -0.124. The van der Waals surface area contributed by atoms with Crippen molar-refractivity contribution in [2.75, 3.05) is 0 Å². The van der Waals surface area contributed by atoms with Gasteiger partial charge >= 0.3 is 0 Å². The first-order valence-electron chi connectivity index (χ1n) is 8.29. The molecule has 0 aromatic heterocycles. The van der Waals surface area contributed by atoms with Gasteiger partial charge in [0.2, 0.25) is 0 Å². The quantitative estimate of drug-likeness (QED) is 0.875. The van der Waals surface area contributed by atoms with E-state index >= 15 is 0 Å². The first-order valence-corrected chi connectivity index (χ1v) is 8.29. The molecule has 0 spiro atoms. The third-order valence-corrected chi connectivity index (χ3v) is 4.88. The van der Waals surface area contributed by atoms with Gasteiger partial charge in [0.1, 0.15) is 17.5 Å². The first-order chi connectivity index (χ1) is 11.4. The molecule has 2 unspecified atom stereocenters. The van der Waals surface area contributed by atoms with Crippen molar-refractivity contribution in [1.82, 2.24) is 0 Å². The van der Waals surface area contributed by atoms with Crippen molar-refractivity contribution in [3.63, 3.8) is 0 Å². The average Bonchev–Trinajstić information content (AvgIpc) is 2.74. The number of aryl methyl sites for hydroxylation is 3. The van der Waals surface area contributed by atoms with E-state index < -0.39 is 5.92 Å². The van der Waals surface area contributed by atoms with Crippen LogP contribution in [0.15, 0.2) is 36.4 Å². The summed E-state index contributed by atoms with van der Waals surface area (Å²) in [4.78, 5) is 25.5. The number of ketones is 2. The second-order valence-corrected chi connectivity index (χ2v) is 6.89. The van der Waals surface area contributed by atoms with E-state index in [4.69, 9.17) is 0 Å². The highest BCUT2D eigenvalue weighted by atomic mass is 16.3. The Balaban J connectivity index is 1.90. The Bertz CT molecular complexity index is 797. The smallest absolute Gasteiger partial charge is 0.151 e. The summed E-state index contributed by atoms with van der Waals surface area (Å²) in [7, 11) is 0. The normalized spacial score (nSPS) is 20.6. The molecule has 2 atom stereocenters. The van der Waals surface area contributed by atoms with Gasteiger partial charge < -0.3 is 5.11 Å². The zero-order valence-corrected chi connectivity index (χ0v) is 14.3. The number of benzene rings is 2. The highest BCUT2D eigenvalue weighted by Crippen LogP contribution is 2.37. The average molecular weight is 322 g/mol. The molecule has 0 aliphatic heterocycles. The van der Waals surface area contributed by atoms with Gasteiger partial charge in [-0.15, -0.1) is 0 Å². The maximum absolute atomic E-state index is 12.9. The molecule has 0 radical (unpaired) electrons. The van der Waals surface area contributed by atoms with E-state index in [1.54, 1.807) is 18.2 Å². The Morgan fingerprint density at radius 3 is 2.33 bits per heavy atom. The van der Waals surface area contributed by atoms with Crippen LogP contribution in [0.2, 0.25) is 0 Å². The van der Waals surface area contributed by atoms with Crippen LogP contribution in [0.1, 0.15) is 40.2 Å². The minimum atomic E-state index is -0.632. The lowest BCUT2D eigenvalue weighted by atomic mass is 9.86. The number of Topliss-reactive ketones (excluding diaryl/α,β-unsaturated/α-hetero) is 2. The monoisotopic (exact) mass is 322 g/mol. The minimum absolute atomic E-state index is 0.0124. The fourth-order valence-electron chi connectivity index (χ4n) is 3.95. The molecule has 24 heavy (non-hydrogen) atoms. The summed E-state index contributed by atoms with van der Waals surface area (Å²) in [6.45, 7) is 5.96. The van der Waals surface area contributed by atoms with Crippen LogP contribution in [0, 0.1) is 26.7 Å². The van der Waals surface area contributed by atoms with Gasteiger partial charge in [-0.1, -0.05) is 29.8 Å². The lowest BCUT2D eigenvalue weighted by Crippen LogP contribution is -2.18. The predicted octanol–water partition coefficient (Wildman–Crippen LogP) is 3.80. The summed E-state index contributed by atoms with van der Waals surface area (Å²) in [5.41, 5.74) is 4.94. The molecule has 124 valence electrons. The van der Waals surface area contributed by atoms with Gasteiger partial charge in [-0.25, -0.2) is 0 Å². The second kappa shape index (κ2) is 6.23. The lowest BCUT2D eigenvalue weighted by Gasteiger charge is -2.16. The maximum Gasteiger partial charge on any atom is 0.151 e. The molecule has 0 saturated heterocycles. The first kappa shape index (κ1) is 16.4. The molecule has 1 N–H and O–H groups in total. The largest absolute Gasteiger partial charge is 0.508 e. The van der Waals surface area contributed by atoms with Crippen molar-refractivity contribution in [2.45, 2.75) is 39.5 Å². The van der Waals surface area contributed by atoms with Crippen LogP contribution < -0.4 is 0 Å². The van der Waals surface area contributed by atoms with Crippen molar-refractivity contribution >= 4 is 11.6 Å². The third kappa shape index (κ3) is 2.99. The zero-order chi connectivity index (χ0) is 17.4. The number of phenolic OH excluding ortho intramolecular Hbond substituents is 1. The predicted molar refractivity (Wildman–Crippen MR) is 93.3 cm³/mol. The summed E-state index contributed by atoms with van der Waals surface area (Å²) < 4.78 is 0. The van der Waals surface area contributed by atoms with Crippen LogP contribution >= 0.6 is 0 Å². The maximum atomic E-state index is 12.9. The highest BCUT2D eigenvalue weighted by molar-refractivity contribution is 6.15. The van der Waals surface area contributed by atoms with Gasteiger partial charge in [0.25, 0.3) is 0 Å². The van der Waals surface area contributed by atoms with E-state index in [0.29, 0.717) is 6.42 Å². The van der Waals surface area contributed by atoms with Crippen molar-refractivity contribution in [1.29, 1.82) is 0 Å². The molecule has 3 rings (SSSR count). The molecule has 1 aliphatic rings. The summed E-state index contributed by atoms with van der Waals surface area (Å²) in [6, 6.07) is 11.0. The summed E-state index contributed by atoms with van der Waals surface area (Å²) in [5.74, 6) is -0.720. The molecule has 0 amide bonds. The van der Waals surface area contributed by atoms with Crippen molar-refractivity contribution < 1.29 is 14.7 Å². The van der Waals surface area contributed by atoms with Gasteiger partial charge in [0, 0.05) is 12.3 Å². The number of aromatic hydroxyl groups is 1. The molecule has 1 saturated carbocycles. The summed E-state index contributed by atoms with van der Waals surface area (Å²) >= 11 is 0. The van der Waals surface area contributed by atoms with Gasteiger partial charge in [0.05, 0.1) is 0 Å². The Kier molecular flexibility index (Phi) is 4.27. The van der Waals surface area contributed by atoms with Crippen LogP contribution in [0.25, 0.3) is 0 Å². The van der Waals surface area contributed by atoms with Crippen molar-refractivity contribution in [3.8, 4) is 5.75 Å². The van der Waals surface area contributed by atoms with Gasteiger partial charge in [0.15, 0.2) is 5.78 Å². The van der Waals surface area contributed by atoms with E-state index in [-0.39, 0.29) is 29.7 Å². The van der Waals surface area contributed by atoms with E-state index in [1.165, 1.54) is 0 Å². The van der Waals surface area contributed by atoms with E-state index in [2.05, 4.69) is 0 Å². The zero-order valence-electron chi connectivity index (χ0n) is 14.3. The Morgan fingerprint density at radius 1 is 1.04 bits per heavy atom. The molecule has 2 aromatic carbocycles. The van der Waals surface area contributed by atoms with Gasteiger partial charge in [-0.3, -0.25) is 9.59 Å². The summed E-state index contributed by atoms with van der Waals surface area (Å²) in [6.07, 6.45) is 0.783. The van der Waals surface area contributed by atoms with Crippen LogP contribution in [0.3, 0.4) is 0 Å². The fourth-order valence-corrected chi connectivity index (χ4v) is 3.95. The second-order valence-electron chi connectivity index (χ2n) is 6.89. The standard InChI is InChI=1S/C21H22O3/c1-12-7-13(2)19(14(3)8-12)20-18(23)11-16(21(20)24)9-15-5-4-6-17(22)10-15/h4-8,10,16,20,22H,9,11H2,1-3H3. The molecular weight excluding hydrogens is 300 g/mol. The van der Waals surface area contributed by atoms with Crippen LogP contribution in [-0.4, -0.2) is 16.7 Å². The van der Waals surface area contributed by atoms with Crippen molar-refractivity contribution in [3.05, 3.63) is 64.2 Å². The van der Waals surface area contributed by atoms with Gasteiger partial charge in [-0.05, 0) is 61.6 Å². The molecular formula is C21H22O3. The Labute approximate surface area is 142 Å². The SMILES string of the molecule is Cc1cc(C)c(C2C(=O)CC(Cc3cccc(O)c3)C2=O)c(C)c1. The number of hydrogen-bond donors (Lipinski definition) is 1. The van der Waals surface area contributed by atoms with E-state index in [9.17, 15) is 14.7 Å². The van der Waals surface area contributed by atoms with Gasteiger partial charge in [-0.2, -0.15) is 0 Å². The minimum Gasteiger partial charge on any atom is -0.508 e. The number of hydrogen-bond acceptors (Lipinski definition) is 3. The van der Waals surface area contributed by atoms with E-state index in [0.717, 1.165) is 27.8 Å². The topological polar surface area (TPSA) is 54.4 Å². The summed E-state index contributed by atoms with van der Waals surface area (Å²) in [5, 5.41) is 9.58. The van der Waals surface area contributed by atoms with Crippen LogP contribution in [0.4, 0.5) is 0 Å². The molecule has 2 aromatic rings. The number of carbonyl (C=O) groups is 2. The van der Waals surface area contributed by atoms with Crippen LogP contribution in [0.5, 0.6) is 5.75 Å². The molecule has 3 nitrogen and oxygen atoms in total. The Morgan fingerprint density at radius 2 is 1.71 bits per heavy atom. The van der Waals surface area contributed by atoms with E-state index in [1.807, 2.05) is 39.0 Å². The molecule has 1 fully saturated rings. The molecule has 1 aliphatic carbocycles. The number of rotatable bonds is 3. The van der Waals surface area contributed by atoms with Crippen molar-refractivity contribution in [2.24, 2.45) is 5.92 Å². The fraction of sp³-hybridized carbons (Fsp3) is 0.333. The number of carbonyl (C=O) groups excluding carboxylic acids is 2. The molecule has 3 heteroatoms. The third-order valence-electron chi connectivity index (χ3n) is 4.88. The van der Waals surface area contributed by atoms with Crippen LogP contribution in [-0.2, 0) is 16.0 Å². The molecule has 0 heterocycles.